The van der Waals surface area contributed by atoms with Crippen LogP contribution in [0, 0.1) is 5.92 Å². The quantitative estimate of drug-likeness (QED) is 0.668. The smallest absolute Gasteiger partial charge is 0.227 e. The SMILES string of the molecule is COc1ccccc1N1CCN(c2nc3c(c(N[C@@H](CO)C(C)C)n2)S(=O)CC3)CC1. The summed E-state index contributed by atoms with van der Waals surface area (Å²) in [5.41, 5.74) is 1.96. The van der Waals surface area contributed by atoms with E-state index in [0.29, 0.717) is 28.8 Å². The van der Waals surface area contributed by atoms with Gasteiger partial charge in [-0.25, -0.2) is 4.98 Å². The molecule has 2 atom stereocenters. The van der Waals surface area contributed by atoms with Crippen molar-refractivity contribution in [2.75, 3.05) is 60.8 Å². The maximum Gasteiger partial charge on any atom is 0.227 e. The number of aliphatic hydroxyl groups excluding tert-OH is 1. The number of aliphatic hydroxyl groups is 1. The highest BCUT2D eigenvalue weighted by Crippen LogP contribution is 2.32. The predicted octanol–water partition coefficient (Wildman–Crippen LogP) is 1.90. The van der Waals surface area contributed by atoms with Crippen LogP contribution in [0.2, 0.25) is 0 Å². The van der Waals surface area contributed by atoms with Crippen LogP contribution in [-0.2, 0) is 17.2 Å². The second-order valence-corrected chi connectivity index (χ2v) is 9.78. The zero-order chi connectivity index (χ0) is 22.0. The third-order valence-corrected chi connectivity index (χ3v) is 7.45. The number of aryl methyl sites for hydroxylation is 1. The number of methoxy groups -OCH3 is 1. The second kappa shape index (κ2) is 9.40. The van der Waals surface area contributed by atoms with Crippen LogP contribution in [-0.4, -0.2) is 71.0 Å². The molecule has 4 rings (SSSR count). The van der Waals surface area contributed by atoms with Gasteiger partial charge in [-0.2, -0.15) is 4.98 Å². The summed E-state index contributed by atoms with van der Waals surface area (Å²) in [6, 6.07) is 7.92. The number of rotatable bonds is 7. The zero-order valence-electron chi connectivity index (χ0n) is 18.4. The summed E-state index contributed by atoms with van der Waals surface area (Å²) in [7, 11) is 0.599. The Morgan fingerprint density at radius 1 is 1.16 bits per heavy atom. The summed E-state index contributed by atoms with van der Waals surface area (Å²) < 4.78 is 18.1. The van der Waals surface area contributed by atoms with Gasteiger partial charge in [0, 0.05) is 38.4 Å². The fourth-order valence-electron chi connectivity index (χ4n) is 4.06. The Balaban J connectivity index is 1.55. The minimum atomic E-state index is -1.10. The Hall–Kier alpha value is -2.39. The van der Waals surface area contributed by atoms with Crippen molar-refractivity contribution in [3.63, 3.8) is 0 Å². The summed E-state index contributed by atoms with van der Waals surface area (Å²) in [5.74, 6) is 2.95. The number of nitrogens with one attached hydrogen (secondary N) is 1. The predicted molar refractivity (Wildman–Crippen MR) is 124 cm³/mol. The molecule has 0 aliphatic carbocycles. The number of aromatic nitrogens is 2. The summed E-state index contributed by atoms with van der Waals surface area (Å²) in [5, 5.41) is 13.1. The number of anilines is 3. The van der Waals surface area contributed by atoms with Gasteiger partial charge in [0.1, 0.15) is 16.5 Å². The molecule has 2 aliphatic heterocycles. The zero-order valence-corrected chi connectivity index (χ0v) is 19.2. The molecule has 0 amide bonds. The van der Waals surface area contributed by atoms with Crippen LogP contribution in [0.5, 0.6) is 5.75 Å². The monoisotopic (exact) mass is 445 g/mol. The van der Waals surface area contributed by atoms with Gasteiger partial charge in [-0.05, 0) is 18.1 Å². The third kappa shape index (κ3) is 4.48. The van der Waals surface area contributed by atoms with Crippen LogP contribution in [0.1, 0.15) is 19.5 Å². The highest BCUT2D eigenvalue weighted by atomic mass is 32.2. The number of nitrogens with zero attached hydrogens (tertiary/aromatic N) is 4. The molecule has 9 heteroatoms. The van der Waals surface area contributed by atoms with Crippen LogP contribution < -0.4 is 19.9 Å². The molecule has 1 saturated heterocycles. The molecule has 1 aromatic carbocycles. The van der Waals surface area contributed by atoms with Crippen LogP contribution in [0.15, 0.2) is 29.2 Å². The van der Waals surface area contributed by atoms with Crippen molar-refractivity contribution < 1.29 is 14.1 Å². The molecule has 0 bridgehead atoms. The number of piperazine rings is 1. The number of hydrogen-bond acceptors (Lipinski definition) is 8. The molecule has 0 spiro atoms. The van der Waals surface area contributed by atoms with E-state index in [-0.39, 0.29) is 18.6 Å². The minimum absolute atomic E-state index is 0.00397. The summed E-state index contributed by atoms with van der Waals surface area (Å²) >= 11 is 0. The van der Waals surface area contributed by atoms with E-state index in [2.05, 4.69) is 21.2 Å². The fraction of sp³-hybridized carbons (Fsp3) is 0.545. The van der Waals surface area contributed by atoms with E-state index in [1.807, 2.05) is 32.0 Å². The van der Waals surface area contributed by atoms with E-state index >= 15 is 0 Å². The van der Waals surface area contributed by atoms with Crippen molar-refractivity contribution in [3.05, 3.63) is 30.0 Å². The molecule has 1 unspecified atom stereocenters. The molecule has 0 radical (unpaired) electrons. The van der Waals surface area contributed by atoms with Gasteiger partial charge in [-0.3, -0.25) is 4.21 Å². The van der Waals surface area contributed by atoms with Gasteiger partial charge in [0.15, 0.2) is 0 Å². The molecule has 8 nitrogen and oxygen atoms in total. The van der Waals surface area contributed by atoms with Crippen LogP contribution >= 0.6 is 0 Å². The van der Waals surface area contributed by atoms with Gasteiger partial charge in [-0.15, -0.1) is 0 Å². The second-order valence-electron chi connectivity index (χ2n) is 8.27. The topological polar surface area (TPSA) is 90.8 Å². The molecule has 2 N–H and O–H groups in total. The lowest BCUT2D eigenvalue weighted by molar-refractivity contribution is 0.249. The summed E-state index contributed by atoms with van der Waals surface area (Å²) in [6.07, 6.45) is 0.693. The lowest BCUT2D eigenvalue weighted by atomic mass is 10.1. The van der Waals surface area contributed by atoms with Crippen molar-refractivity contribution in [1.29, 1.82) is 0 Å². The van der Waals surface area contributed by atoms with Crippen molar-refractivity contribution >= 4 is 28.3 Å². The fourth-order valence-corrected chi connectivity index (χ4v) is 5.37. The summed E-state index contributed by atoms with van der Waals surface area (Å²) in [6.45, 7) is 7.33. The third-order valence-electron chi connectivity index (χ3n) is 5.99. The van der Waals surface area contributed by atoms with Gasteiger partial charge in [0.2, 0.25) is 5.95 Å². The molecule has 31 heavy (non-hydrogen) atoms. The molecule has 168 valence electrons. The van der Waals surface area contributed by atoms with E-state index in [9.17, 15) is 9.32 Å². The van der Waals surface area contributed by atoms with Gasteiger partial charge in [0.05, 0.1) is 41.9 Å². The maximum absolute atomic E-state index is 12.6. The average molecular weight is 446 g/mol. The molecule has 3 heterocycles. The normalized spacial score (nSPS) is 19.5. The lowest BCUT2D eigenvalue weighted by Gasteiger charge is -2.37. The Bertz CT molecular complexity index is 947. The molecule has 0 saturated carbocycles. The average Bonchev–Trinajstić information content (AvgIpc) is 3.18. The number of benzene rings is 1. The van der Waals surface area contributed by atoms with E-state index < -0.39 is 10.8 Å². The van der Waals surface area contributed by atoms with Crippen molar-refractivity contribution in [2.45, 2.75) is 31.2 Å². The molecule has 2 aromatic rings. The van der Waals surface area contributed by atoms with Gasteiger partial charge >= 0.3 is 0 Å². The molecule has 2 aliphatic rings. The van der Waals surface area contributed by atoms with E-state index in [4.69, 9.17) is 14.7 Å². The first-order chi connectivity index (χ1) is 15.0. The van der Waals surface area contributed by atoms with E-state index in [1.54, 1.807) is 7.11 Å². The largest absolute Gasteiger partial charge is 0.495 e. The van der Waals surface area contributed by atoms with Crippen LogP contribution in [0.3, 0.4) is 0 Å². The van der Waals surface area contributed by atoms with Crippen molar-refractivity contribution in [2.24, 2.45) is 5.92 Å². The first-order valence-corrected chi connectivity index (χ1v) is 12.1. The van der Waals surface area contributed by atoms with Crippen molar-refractivity contribution in [3.8, 4) is 5.75 Å². The standard InChI is InChI=1S/C22H31N5O3S/c1-15(2)17(14-28)23-21-20-16(8-13-31(20)29)24-22(25-21)27-11-9-26(10-12-27)18-6-4-5-7-19(18)30-3/h4-7,15,17,28H,8-14H2,1-3H3,(H,23,24,25)/t17-,31?/m0/s1. The number of ether oxygens (including phenoxy) is 1. The highest BCUT2D eigenvalue weighted by molar-refractivity contribution is 7.85. The number of fused-ring (bicyclic) bond motifs is 1. The number of para-hydroxylation sites is 2. The Labute approximate surface area is 186 Å². The number of hydrogen-bond donors (Lipinski definition) is 2. The van der Waals surface area contributed by atoms with E-state index in [0.717, 1.165) is 43.3 Å². The summed E-state index contributed by atoms with van der Waals surface area (Å²) in [4.78, 5) is 14.8. The van der Waals surface area contributed by atoms with Crippen LogP contribution in [0.25, 0.3) is 0 Å². The first kappa shape index (κ1) is 21.8. The Kier molecular flexibility index (Phi) is 6.62. The highest BCUT2D eigenvalue weighted by Gasteiger charge is 2.30. The first-order valence-electron chi connectivity index (χ1n) is 10.8. The molecular weight excluding hydrogens is 414 g/mol. The van der Waals surface area contributed by atoms with Crippen molar-refractivity contribution in [1.82, 2.24) is 9.97 Å². The minimum Gasteiger partial charge on any atom is -0.495 e. The van der Waals surface area contributed by atoms with Crippen LogP contribution in [0.4, 0.5) is 17.5 Å². The Morgan fingerprint density at radius 3 is 2.55 bits per heavy atom. The van der Waals surface area contributed by atoms with E-state index in [1.165, 1.54) is 0 Å². The molecular formula is C22H31N5O3S. The Morgan fingerprint density at radius 2 is 1.87 bits per heavy atom. The van der Waals surface area contributed by atoms with Gasteiger partial charge in [0.25, 0.3) is 0 Å². The maximum atomic E-state index is 12.6. The van der Waals surface area contributed by atoms with Gasteiger partial charge < -0.3 is 25.0 Å². The lowest BCUT2D eigenvalue weighted by Crippen LogP contribution is -2.47. The molecule has 1 aromatic heterocycles. The molecule has 1 fully saturated rings. The van der Waals surface area contributed by atoms with Gasteiger partial charge in [-0.1, -0.05) is 26.0 Å².